The summed E-state index contributed by atoms with van der Waals surface area (Å²) >= 11 is 17.3. The SMILES string of the molecule is CCCCOC(=O)c1ncc(Cl)c(Cl)c1Cl. The first-order valence-electron chi connectivity index (χ1n) is 4.74. The molecule has 0 aliphatic heterocycles. The lowest BCUT2D eigenvalue weighted by Gasteiger charge is -2.06. The van der Waals surface area contributed by atoms with Crippen molar-refractivity contribution in [3.63, 3.8) is 0 Å². The van der Waals surface area contributed by atoms with Gasteiger partial charge in [-0.2, -0.15) is 0 Å². The number of aromatic nitrogens is 1. The zero-order valence-electron chi connectivity index (χ0n) is 8.60. The van der Waals surface area contributed by atoms with Crippen molar-refractivity contribution >= 4 is 40.8 Å². The van der Waals surface area contributed by atoms with Gasteiger partial charge < -0.3 is 4.74 Å². The summed E-state index contributed by atoms with van der Waals surface area (Å²) in [6, 6.07) is 0. The normalized spacial score (nSPS) is 10.2. The van der Waals surface area contributed by atoms with Crippen molar-refractivity contribution in [2.75, 3.05) is 6.61 Å². The fourth-order valence-electron chi connectivity index (χ4n) is 0.963. The maximum atomic E-state index is 11.5. The monoisotopic (exact) mass is 281 g/mol. The van der Waals surface area contributed by atoms with Gasteiger partial charge in [0.15, 0.2) is 5.69 Å². The number of unbranched alkanes of at least 4 members (excludes halogenated alkanes) is 1. The lowest BCUT2D eigenvalue weighted by atomic mass is 10.3. The van der Waals surface area contributed by atoms with Crippen LogP contribution in [-0.2, 0) is 4.74 Å². The van der Waals surface area contributed by atoms with E-state index in [9.17, 15) is 4.79 Å². The molecule has 6 heteroatoms. The fourth-order valence-corrected chi connectivity index (χ4v) is 1.52. The van der Waals surface area contributed by atoms with Crippen molar-refractivity contribution < 1.29 is 9.53 Å². The number of hydrogen-bond acceptors (Lipinski definition) is 3. The number of halogens is 3. The minimum atomic E-state index is -0.586. The van der Waals surface area contributed by atoms with E-state index in [2.05, 4.69) is 4.98 Å². The van der Waals surface area contributed by atoms with Crippen LogP contribution < -0.4 is 0 Å². The summed E-state index contributed by atoms with van der Waals surface area (Å²) in [5, 5.41) is 0.341. The predicted molar refractivity (Wildman–Crippen MR) is 64.5 cm³/mol. The summed E-state index contributed by atoms with van der Waals surface area (Å²) in [6.07, 6.45) is 3.01. The molecule has 1 heterocycles. The van der Waals surface area contributed by atoms with Crippen LogP contribution in [-0.4, -0.2) is 17.6 Å². The van der Waals surface area contributed by atoms with E-state index in [1.54, 1.807) is 0 Å². The smallest absolute Gasteiger partial charge is 0.358 e. The highest BCUT2D eigenvalue weighted by Crippen LogP contribution is 2.31. The number of carbonyl (C=O) groups excluding carboxylic acids is 1. The topological polar surface area (TPSA) is 39.2 Å². The number of esters is 1. The van der Waals surface area contributed by atoms with Gasteiger partial charge in [-0.15, -0.1) is 0 Å². The third-order valence-corrected chi connectivity index (χ3v) is 3.08. The minimum Gasteiger partial charge on any atom is -0.461 e. The van der Waals surface area contributed by atoms with Crippen LogP contribution in [0.3, 0.4) is 0 Å². The number of hydrogen-bond donors (Lipinski definition) is 0. The molecule has 0 saturated heterocycles. The largest absolute Gasteiger partial charge is 0.461 e. The molecular weight excluding hydrogens is 272 g/mol. The number of nitrogens with zero attached hydrogens (tertiary/aromatic N) is 1. The summed E-state index contributed by atoms with van der Waals surface area (Å²) in [4.78, 5) is 15.3. The molecule has 0 aromatic carbocycles. The molecule has 1 aromatic rings. The Labute approximate surface area is 109 Å². The van der Waals surface area contributed by atoms with Crippen molar-refractivity contribution in [1.82, 2.24) is 4.98 Å². The Morgan fingerprint density at radius 1 is 1.38 bits per heavy atom. The van der Waals surface area contributed by atoms with Crippen LogP contribution >= 0.6 is 34.8 Å². The lowest BCUT2D eigenvalue weighted by molar-refractivity contribution is 0.0493. The second kappa shape index (κ2) is 6.28. The van der Waals surface area contributed by atoms with Crippen LogP contribution in [0.1, 0.15) is 30.3 Å². The summed E-state index contributed by atoms with van der Waals surface area (Å²) in [5.74, 6) is -0.586. The first-order valence-corrected chi connectivity index (χ1v) is 5.88. The van der Waals surface area contributed by atoms with E-state index in [1.807, 2.05) is 6.92 Å². The Kier molecular flexibility index (Phi) is 5.32. The van der Waals surface area contributed by atoms with Gasteiger partial charge in [-0.1, -0.05) is 48.1 Å². The van der Waals surface area contributed by atoms with Crippen LogP contribution in [0.4, 0.5) is 0 Å². The molecule has 0 N–H and O–H groups in total. The van der Waals surface area contributed by atoms with E-state index >= 15 is 0 Å². The Bertz CT molecular complexity index is 396. The van der Waals surface area contributed by atoms with E-state index < -0.39 is 5.97 Å². The molecule has 0 atom stereocenters. The van der Waals surface area contributed by atoms with Crippen LogP contribution in [0.15, 0.2) is 6.20 Å². The highest BCUT2D eigenvalue weighted by molar-refractivity contribution is 6.48. The number of rotatable bonds is 4. The molecule has 0 aliphatic carbocycles. The van der Waals surface area contributed by atoms with Crippen LogP contribution in [0.2, 0.25) is 15.1 Å². The minimum absolute atomic E-state index is 0.00725. The zero-order chi connectivity index (χ0) is 12.1. The van der Waals surface area contributed by atoms with E-state index in [0.29, 0.717) is 6.61 Å². The maximum absolute atomic E-state index is 11.5. The fraction of sp³-hybridized carbons (Fsp3) is 0.400. The summed E-state index contributed by atoms with van der Waals surface area (Å²) in [6.45, 7) is 2.34. The van der Waals surface area contributed by atoms with Gasteiger partial charge in [0.25, 0.3) is 0 Å². The van der Waals surface area contributed by atoms with E-state index in [4.69, 9.17) is 39.5 Å². The summed E-state index contributed by atoms with van der Waals surface area (Å²) in [5.41, 5.74) is -0.00725. The molecule has 0 fully saturated rings. The first-order chi connectivity index (χ1) is 7.57. The Morgan fingerprint density at radius 3 is 2.69 bits per heavy atom. The van der Waals surface area contributed by atoms with Gasteiger partial charge in [0.05, 0.1) is 21.7 Å². The lowest BCUT2D eigenvalue weighted by Crippen LogP contribution is -2.09. The predicted octanol–water partition coefficient (Wildman–Crippen LogP) is 4.00. The quantitative estimate of drug-likeness (QED) is 0.619. The van der Waals surface area contributed by atoms with E-state index in [-0.39, 0.29) is 20.8 Å². The maximum Gasteiger partial charge on any atom is 0.358 e. The Hall–Kier alpha value is -0.510. The average Bonchev–Trinajstić information content (AvgIpc) is 2.26. The molecule has 1 aromatic heterocycles. The molecule has 0 bridgehead atoms. The van der Waals surface area contributed by atoms with E-state index in [0.717, 1.165) is 12.8 Å². The van der Waals surface area contributed by atoms with E-state index in [1.165, 1.54) is 6.20 Å². The van der Waals surface area contributed by atoms with Crippen molar-refractivity contribution in [2.45, 2.75) is 19.8 Å². The zero-order valence-corrected chi connectivity index (χ0v) is 10.9. The third-order valence-electron chi connectivity index (χ3n) is 1.84. The van der Waals surface area contributed by atoms with Gasteiger partial charge in [-0.05, 0) is 6.42 Å². The molecule has 0 radical (unpaired) electrons. The van der Waals surface area contributed by atoms with Gasteiger partial charge in [0.2, 0.25) is 0 Å². The van der Waals surface area contributed by atoms with Crippen molar-refractivity contribution in [3.05, 3.63) is 27.0 Å². The van der Waals surface area contributed by atoms with Crippen molar-refractivity contribution in [1.29, 1.82) is 0 Å². The molecular formula is C10H10Cl3NO2. The first kappa shape index (κ1) is 13.6. The summed E-state index contributed by atoms with van der Waals surface area (Å²) in [7, 11) is 0. The Balaban J connectivity index is 2.80. The van der Waals surface area contributed by atoms with Gasteiger partial charge in [0, 0.05) is 6.20 Å². The third kappa shape index (κ3) is 3.24. The number of carbonyl (C=O) groups is 1. The molecule has 1 rings (SSSR count). The number of pyridine rings is 1. The summed E-state index contributed by atoms with van der Waals surface area (Å²) < 4.78 is 4.96. The molecule has 88 valence electrons. The van der Waals surface area contributed by atoms with Gasteiger partial charge in [0.1, 0.15) is 0 Å². The molecule has 3 nitrogen and oxygen atoms in total. The molecule has 0 unspecified atom stereocenters. The van der Waals surface area contributed by atoms with Crippen LogP contribution in [0.25, 0.3) is 0 Å². The molecule has 0 aliphatic rings. The second-order valence-electron chi connectivity index (χ2n) is 3.07. The standard InChI is InChI=1S/C10H10Cl3NO2/c1-2-3-4-16-10(15)9-8(13)7(12)6(11)5-14-9/h5H,2-4H2,1H3. The molecule has 0 amide bonds. The number of ether oxygens (including phenoxy) is 1. The molecule has 16 heavy (non-hydrogen) atoms. The average molecular weight is 283 g/mol. The van der Waals surface area contributed by atoms with Crippen molar-refractivity contribution in [3.8, 4) is 0 Å². The van der Waals surface area contributed by atoms with Gasteiger partial charge in [-0.25, -0.2) is 9.78 Å². The van der Waals surface area contributed by atoms with Gasteiger partial charge >= 0.3 is 5.97 Å². The highest BCUT2D eigenvalue weighted by atomic mass is 35.5. The Morgan fingerprint density at radius 2 is 2.06 bits per heavy atom. The van der Waals surface area contributed by atoms with Crippen LogP contribution in [0.5, 0.6) is 0 Å². The highest BCUT2D eigenvalue weighted by Gasteiger charge is 2.17. The second-order valence-corrected chi connectivity index (χ2v) is 4.24. The van der Waals surface area contributed by atoms with Crippen LogP contribution in [0, 0.1) is 0 Å². The van der Waals surface area contributed by atoms with Gasteiger partial charge in [-0.3, -0.25) is 0 Å². The molecule has 0 saturated carbocycles. The van der Waals surface area contributed by atoms with Crippen molar-refractivity contribution in [2.24, 2.45) is 0 Å². The molecule has 0 spiro atoms.